The van der Waals surface area contributed by atoms with Crippen LogP contribution in [0.4, 0.5) is 30.7 Å². The summed E-state index contributed by atoms with van der Waals surface area (Å²) in [6.45, 7) is 3.55. The average Bonchev–Trinajstić information content (AvgIpc) is 3.37. The molecule has 1 aliphatic heterocycles. The molecule has 1 heterocycles. The zero-order chi connectivity index (χ0) is 33.7. The molecule has 2 atom stereocenters. The first-order valence-corrected chi connectivity index (χ1v) is 17.0. The van der Waals surface area contributed by atoms with E-state index in [1.165, 1.54) is 12.1 Å². The number of likely N-dealkylation sites (tertiary alicyclic amines) is 1. The van der Waals surface area contributed by atoms with Crippen LogP contribution in [-0.2, 0) is 31.5 Å². The zero-order valence-corrected chi connectivity index (χ0v) is 26.3. The van der Waals surface area contributed by atoms with E-state index >= 15 is 4.39 Å². The molecule has 3 aliphatic carbocycles. The lowest BCUT2D eigenvalue weighted by Crippen LogP contribution is -2.55. The molecule has 1 N–H and O–H groups in total. The molecule has 3 fully saturated rings. The van der Waals surface area contributed by atoms with Crippen molar-refractivity contribution >= 4 is 15.7 Å². The minimum atomic E-state index is -6.31. The number of alkyl halides is 7. The summed E-state index contributed by atoms with van der Waals surface area (Å²) in [5.74, 6) is -0.555. The highest BCUT2D eigenvalue weighted by Gasteiger charge is 2.74. The lowest BCUT2D eigenvalue weighted by atomic mass is 9.55. The maximum absolute atomic E-state index is 15.1. The van der Waals surface area contributed by atoms with Gasteiger partial charge < -0.3 is 10.0 Å². The number of halogens is 7. The quantitative estimate of drug-likeness (QED) is 0.350. The second kappa shape index (κ2) is 10.7. The van der Waals surface area contributed by atoms with Crippen molar-refractivity contribution in [2.75, 3.05) is 6.54 Å². The number of sulfone groups is 1. The smallest absolute Gasteiger partial charge is 0.393 e. The summed E-state index contributed by atoms with van der Waals surface area (Å²) in [6.07, 6.45) is -9.12. The minimum Gasteiger partial charge on any atom is -0.393 e. The van der Waals surface area contributed by atoms with E-state index in [0.717, 1.165) is 24.5 Å². The van der Waals surface area contributed by atoms with Crippen LogP contribution in [-0.4, -0.2) is 55.4 Å². The Labute approximate surface area is 263 Å². The van der Waals surface area contributed by atoms with Gasteiger partial charge in [0.05, 0.1) is 17.0 Å². The average molecular weight is 676 g/mol. The fraction of sp³-hybridized carbons (Fsp3) is 0.606. The van der Waals surface area contributed by atoms with Gasteiger partial charge in [0.2, 0.25) is 5.91 Å². The van der Waals surface area contributed by atoms with Crippen LogP contribution in [0.5, 0.6) is 0 Å². The fourth-order valence-corrected chi connectivity index (χ4v) is 11.1. The Bertz CT molecular complexity index is 1640. The van der Waals surface area contributed by atoms with Crippen molar-refractivity contribution < 1.29 is 49.1 Å². The second-order valence-electron chi connectivity index (χ2n) is 13.8. The molecule has 46 heavy (non-hydrogen) atoms. The highest BCUT2D eigenvalue weighted by Crippen LogP contribution is 2.59. The van der Waals surface area contributed by atoms with Crippen LogP contribution < -0.4 is 0 Å². The van der Waals surface area contributed by atoms with Crippen LogP contribution in [0.3, 0.4) is 0 Å². The first kappa shape index (κ1) is 33.2. The summed E-state index contributed by atoms with van der Waals surface area (Å²) in [5.41, 5.74) is -5.98. The van der Waals surface area contributed by atoms with Gasteiger partial charge in [-0.3, -0.25) is 4.79 Å². The van der Waals surface area contributed by atoms with E-state index in [4.69, 9.17) is 0 Å². The van der Waals surface area contributed by atoms with E-state index < -0.39 is 44.2 Å². The van der Waals surface area contributed by atoms with Gasteiger partial charge in [-0.05, 0) is 111 Å². The zero-order valence-electron chi connectivity index (χ0n) is 25.4. The van der Waals surface area contributed by atoms with Gasteiger partial charge in [-0.2, -0.15) is 26.3 Å². The number of aliphatic hydroxyl groups is 1. The summed E-state index contributed by atoms with van der Waals surface area (Å²) >= 11 is 0. The number of nitrogens with zero attached hydrogens (tertiary/aromatic N) is 1. The Morgan fingerprint density at radius 2 is 1.50 bits per heavy atom. The number of rotatable bonds is 4. The molecule has 5 nitrogen and oxygen atoms in total. The van der Waals surface area contributed by atoms with E-state index in [1.807, 2.05) is 0 Å². The van der Waals surface area contributed by atoms with Gasteiger partial charge in [0.15, 0.2) is 9.84 Å². The number of hydrogen-bond acceptors (Lipinski definition) is 4. The maximum atomic E-state index is 15.1. The van der Waals surface area contributed by atoms with Crippen molar-refractivity contribution in [3.63, 3.8) is 0 Å². The second-order valence-corrected chi connectivity index (χ2v) is 16.0. The normalized spacial score (nSPS) is 30.1. The number of aryl methyl sites for hydroxylation is 3. The third kappa shape index (κ3) is 4.72. The summed E-state index contributed by atoms with van der Waals surface area (Å²) < 4.78 is 125. The van der Waals surface area contributed by atoms with Crippen LogP contribution in [0.1, 0.15) is 79.2 Å². The molecular formula is C33H36F7NO4S. The van der Waals surface area contributed by atoms with Gasteiger partial charge in [0.1, 0.15) is 4.75 Å². The van der Waals surface area contributed by atoms with Crippen molar-refractivity contribution in [3.8, 4) is 0 Å². The predicted octanol–water partition coefficient (Wildman–Crippen LogP) is 7.14. The van der Waals surface area contributed by atoms with E-state index in [9.17, 15) is 44.7 Å². The molecule has 0 bridgehead atoms. The van der Waals surface area contributed by atoms with Gasteiger partial charge >= 0.3 is 18.0 Å². The van der Waals surface area contributed by atoms with Crippen LogP contribution in [0.15, 0.2) is 41.3 Å². The van der Waals surface area contributed by atoms with E-state index in [1.54, 1.807) is 24.8 Å². The largest absolute Gasteiger partial charge is 0.435 e. The Kier molecular flexibility index (Phi) is 7.71. The van der Waals surface area contributed by atoms with Gasteiger partial charge in [-0.25, -0.2) is 12.8 Å². The number of fused-ring (bicyclic) bond motifs is 3. The number of hydrogen-bond donors (Lipinski definition) is 1. The molecule has 1 amide bonds. The van der Waals surface area contributed by atoms with Crippen LogP contribution >= 0.6 is 0 Å². The first-order chi connectivity index (χ1) is 21.3. The summed E-state index contributed by atoms with van der Waals surface area (Å²) in [5, 5.41) is 9.93. The highest BCUT2D eigenvalue weighted by molar-refractivity contribution is 7.92. The van der Waals surface area contributed by atoms with Crippen LogP contribution in [0.25, 0.3) is 0 Å². The Morgan fingerprint density at radius 1 is 0.870 bits per heavy atom. The number of benzene rings is 2. The summed E-state index contributed by atoms with van der Waals surface area (Å²) in [6, 6.07) is 5.38. The Balaban J connectivity index is 1.43. The van der Waals surface area contributed by atoms with Crippen molar-refractivity contribution in [3.05, 3.63) is 64.2 Å². The molecule has 6 rings (SSSR count). The molecule has 2 aromatic carbocycles. The Morgan fingerprint density at radius 3 is 2.09 bits per heavy atom. The first-order valence-electron chi connectivity index (χ1n) is 15.5. The molecule has 252 valence electrons. The van der Waals surface area contributed by atoms with Crippen LogP contribution in [0, 0.1) is 25.2 Å². The van der Waals surface area contributed by atoms with Gasteiger partial charge in [0.25, 0.3) is 0 Å². The molecule has 2 aromatic rings. The number of carbonyl (C=O) groups is 1. The van der Waals surface area contributed by atoms with Crippen molar-refractivity contribution in [1.29, 1.82) is 0 Å². The summed E-state index contributed by atoms with van der Waals surface area (Å²) in [7, 11) is -4.39. The molecule has 13 heteroatoms. The number of carbonyl (C=O) groups excluding carboxylic acids is 1. The SMILES string of the molecule is Cc1ccc(S(=O)(=O)C23CCN(C(=O)C4CC5(CCC(O)CC5)C4)C2CCc2cc(C(F)(C(F)(F)F)C(F)(F)F)ccc23)cc1C. The molecule has 4 aliphatic rings. The molecule has 2 unspecified atom stereocenters. The molecule has 2 saturated carbocycles. The standard InChI is InChI=1S/C33H36F7NO4S/c1-19-3-6-25(15-20(19)2)46(44,45)30-13-14-41(28(43)22-17-29(18-22)11-9-24(42)10-12-29)27(30)8-4-21-16-23(5-7-26(21)30)31(34,32(35,36)37)33(38,39)40/h3,5-7,15-16,22,24,27,42H,4,8-14,17-18H2,1-2H3. The van der Waals surface area contributed by atoms with Gasteiger partial charge in [-0.15, -0.1) is 0 Å². The number of amides is 1. The number of aliphatic hydroxyl groups excluding tert-OH is 1. The third-order valence-corrected chi connectivity index (χ3v) is 13.9. The Hall–Kier alpha value is -2.67. The minimum absolute atomic E-state index is 0.000857. The molecule has 1 saturated heterocycles. The molecule has 0 radical (unpaired) electrons. The molecular weight excluding hydrogens is 639 g/mol. The lowest BCUT2D eigenvalue weighted by Gasteiger charge is -2.52. The molecule has 1 spiro atoms. The fourth-order valence-electron chi connectivity index (χ4n) is 8.60. The van der Waals surface area contributed by atoms with Gasteiger partial charge in [0, 0.05) is 18.0 Å². The lowest BCUT2D eigenvalue weighted by molar-refractivity contribution is -0.348. The van der Waals surface area contributed by atoms with Crippen molar-refractivity contribution in [2.24, 2.45) is 11.3 Å². The summed E-state index contributed by atoms with van der Waals surface area (Å²) in [4.78, 5) is 15.5. The van der Waals surface area contributed by atoms with Crippen LogP contribution in [0.2, 0.25) is 0 Å². The van der Waals surface area contributed by atoms with E-state index in [0.29, 0.717) is 43.4 Å². The van der Waals surface area contributed by atoms with Crippen molar-refractivity contribution in [1.82, 2.24) is 4.90 Å². The van der Waals surface area contributed by atoms with E-state index in [2.05, 4.69) is 0 Å². The van der Waals surface area contributed by atoms with Gasteiger partial charge in [-0.1, -0.05) is 24.3 Å². The maximum Gasteiger partial charge on any atom is 0.435 e. The topological polar surface area (TPSA) is 74.7 Å². The van der Waals surface area contributed by atoms with Crippen molar-refractivity contribution in [2.45, 2.75) is 111 Å². The predicted molar refractivity (Wildman–Crippen MR) is 154 cm³/mol. The molecule has 0 aromatic heterocycles. The van der Waals surface area contributed by atoms with E-state index in [-0.39, 0.29) is 65.2 Å². The highest BCUT2D eigenvalue weighted by atomic mass is 32.2. The monoisotopic (exact) mass is 675 g/mol. The third-order valence-electron chi connectivity index (χ3n) is 11.3.